The summed E-state index contributed by atoms with van der Waals surface area (Å²) in [6, 6.07) is 5.04. The van der Waals surface area contributed by atoms with Crippen molar-refractivity contribution in [2.75, 3.05) is 20.8 Å². The lowest BCUT2D eigenvalue weighted by atomic mass is 10.1. The molecule has 1 unspecified atom stereocenters. The smallest absolute Gasteiger partial charge is 0.309 e. The van der Waals surface area contributed by atoms with Crippen molar-refractivity contribution in [3.8, 4) is 11.5 Å². The lowest BCUT2D eigenvalue weighted by Crippen LogP contribution is -2.41. The van der Waals surface area contributed by atoms with Gasteiger partial charge in [-0.05, 0) is 37.0 Å². The standard InChI is InChI=1S/C17H26N2O4/c1-11(2)8-9-18-16(20)17(21)19-12(3)13-6-7-14(22-4)15(10-13)23-5/h6-7,10-12H,8-9H2,1-5H3,(H,18,20)(H,19,21). The van der Waals surface area contributed by atoms with Gasteiger partial charge in [0.15, 0.2) is 11.5 Å². The Kier molecular flexibility index (Phi) is 7.38. The summed E-state index contributed by atoms with van der Waals surface area (Å²) in [6.45, 7) is 6.42. The van der Waals surface area contributed by atoms with Gasteiger partial charge in [0.05, 0.1) is 20.3 Å². The summed E-state index contributed by atoms with van der Waals surface area (Å²) in [5.41, 5.74) is 0.825. The highest BCUT2D eigenvalue weighted by atomic mass is 16.5. The van der Waals surface area contributed by atoms with Gasteiger partial charge in [0.2, 0.25) is 0 Å². The first-order chi connectivity index (χ1) is 10.9. The highest BCUT2D eigenvalue weighted by Gasteiger charge is 2.17. The van der Waals surface area contributed by atoms with Crippen LogP contribution in [0.1, 0.15) is 38.8 Å². The Balaban J connectivity index is 2.62. The van der Waals surface area contributed by atoms with E-state index in [1.807, 2.05) is 6.07 Å². The quantitative estimate of drug-likeness (QED) is 0.753. The molecule has 1 rings (SSSR count). The monoisotopic (exact) mass is 322 g/mol. The molecule has 1 aromatic rings. The van der Waals surface area contributed by atoms with Crippen LogP contribution in [0.3, 0.4) is 0 Å². The van der Waals surface area contributed by atoms with Gasteiger partial charge >= 0.3 is 11.8 Å². The topological polar surface area (TPSA) is 76.7 Å². The zero-order chi connectivity index (χ0) is 17.4. The first-order valence-electron chi connectivity index (χ1n) is 7.69. The third-order valence-corrected chi connectivity index (χ3v) is 3.47. The van der Waals surface area contributed by atoms with Crippen LogP contribution in [0.25, 0.3) is 0 Å². The number of hydrogen-bond donors (Lipinski definition) is 2. The minimum Gasteiger partial charge on any atom is -0.493 e. The van der Waals surface area contributed by atoms with E-state index in [4.69, 9.17) is 9.47 Å². The lowest BCUT2D eigenvalue weighted by molar-refractivity contribution is -0.139. The molecule has 0 aliphatic rings. The van der Waals surface area contributed by atoms with E-state index in [1.165, 1.54) is 0 Å². The van der Waals surface area contributed by atoms with Gasteiger partial charge < -0.3 is 20.1 Å². The zero-order valence-corrected chi connectivity index (χ0v) is 14.4. The molecule has 0 spiro atoms. The SMILES string of the molecule is COc1ccc(C(C)NC(=O)C(=O)NCCC(C)C)cc1OC. The molecule has 0 saturated heterocycles. The number of carbonyl (C=O) groups excluding carboxylic acids is 2. The van der Waals surface area contributed by atoms with Crippen molar-refractivity contribution < 1.29 is 19.1 Å². The predicted octanol–water partition coefficient (Wildman–Crippen LogP) is 2.04. The van der Waals surface area contributed by atoms with Gasteiger partial charge in [-0.3, -0.25) is 9.59 Å². The Hall–Kier alpha value is -2.24. The first kappa shape index (κ1) is 18.8. The van der Waals surface area contributed by atoms with Crippen LogP contribution in [0.4, 0.5) is 0 Å². The maximum atomic E-state index is 11.9. The van der Waals surface area contributed by atoms with Gasteiger partial charge in [0.1, 0.15) is 0 Å². The second-order valence-corrected chi connectivity index (χ2v) is 5.75. The number of hydrogen-bond acceptors (Lipinski definition) is 4. The van der Waals surface area contributed by atoms with Gasteiger partial charge in [-0.2, -0.15) is 0 Å². The number of methoxy groups -OCH3 is 2. The largest absolute Gasteiger partial charge is 0.493 e. The number of amides is 2. The zero-order valence-electron chi connectivity index (χ0n) is 14.4. The van der Waals surface area contributed by atoms with Crippen LogP contribution in [-0.4, -0.2) is 32.6 Å². The van der Waals surface area contributed by atoms with Crippen LogP contribution in [0.5, 0.6) is 11.5 Å². The number of rotatable bonds is 7. The Morgan fingerprint density at radius 3 is 2.26 bits per heavy atom. The minimum atomic E-state index is -0.643. The lowest BCUT2D eigenvalue weighted by Gasteiger charge is -2.16. The molecular formula is C17H26N2O4. The molecule has 6 nitrogen and oxygen atoms in total. The molecule has 0 fully saturated rings. The number of nitrogens with one attached hydrogen (secondary N) is 2. The molecule has 0 heterocycles. The molecule has 0 aliphatic heterocycles. The average Bonchev–Trinajstić information content (AvgIpc) is 2.53. The van der Waals surface area contributed by atoms with Crippen molar-refractivity contribution in [3.05, 3.63) is 23.8 Å². The van der Waals surface area contributed by atoms with Crippen LogP contribution in [-0.2, 0) is 9.59 Å². The first-order valence-corrected chi connectivity index (χ1v) is 7.69. The van der Waals surface area contributed by atoms with Gasteiger partial charge in [-0.1, -0.05) is 19.9 Å². The Morgan fingerprint density at radius 2 is 1.70 bits per heavy atom. The summed E-state index contributed by atoms with van der Waals surface area (Å²) in [7, 11) is 3.11. The van der Waals surface area contributed by atoms with E-state index >= 15 is 0 Å². The fraction of sp³-hybridized carbons (Fsp3) is 0.529. The summed E-state index contributed by atoms with van der Waals surface area (Å²) < 4.78 is 10.4. The van der Waals surface area contributed by atoms with Crippen molar-refractivity contribution in [2.45, 2.75) is 33.2 Å². The van der Waals surface area contributed by atoms with Gasteiger partial charge in [0, 0.05) is 6.54 Å². The molecule has 1 atom stereocenters. The third kappa shape index (κ3) is 5.81. The molecule has 128 valence electrons. The predicted molar refractivity (Wildman–Crippen MR) is 88.6 cm³/mol. The van der Waals surface area contributed by atoms with Crippen LogP contribution in [0.15, 0.2) is 18.2 Å². The summed E-state index contributed by atoms with van der Waals surface area (Å²) >= 11 is 0. The van der Waals surface area contributed by atoms with Crippen molar-refractivity contribution in [2.24, 2.45) is 5.92 Å². The Morgan fingerprint density at radius 1 is 1.04 bits per heavy atom. The fourth-order valence-electron chi connectivity index (χ4n) is 2.02. The number of carbonyl (C=O) groups is 2. The van der Waals surface area contributed by atoms with Gasteiger partial charge in [-0.25, -0.2) is 0 Å². The minimum absolute atomic E-state index is 0.321. The fourth-order valence-corrected chi connectivity index (χ4v) is 2.02. The highest BCUT2D eigenvalue weighted by Crippen LogP contribution is 2.29. The second-order valence-electron chi connectivity index (χ2n) is 5.75. The summed E-state index contributed by atoms with van der Waals surface area (Å²) in [6.07, 6.45) is 0.838. The van der Waals surface area contributed by atoms with E-state index in [0.29, 0.717) is 24.0 Å². The summed E-state index contributed by atoms with van der Waals surface area (Å²) in [5, 5.41) is 5.29. The van der Waals surface area contributed by atoms with E-state index in [-0.39, 0.29) is 6.04 Å². The molecule has 0 aromatic heterocycles. The van der Waals surface area contributed by atoms with E-state index in [9.17, 15) is 9.59 Å². The summed E-state index contributed by atoms with van der Waals surface area (Å²) in [4.78, 5) is 23.6. The van der Waals surface area contributed by atoms with Crippen molar-refractivity contribution >= 4 is 11.8 Å². The van der Waals surface area contributed by atoms with Crippen LogP contribution >= 0.6 is 0 Å². The number of benzene rings is 1. The van der Waals surface area contributed by atoms with Gasteiger partial charge in [-0.15, -0.1) is 0 Å². The Bertz CT molecular complexity index is 543. The van der Waals surface area contributed by atoms with Gasteiger partial charge in [0.25, 0.3) is 0 Å². The molecule has 0 bridgehead atoms. The van der Waals surface area contributed by atoms with E-state index in [2.05, 4.69) is 24.5 Å². The maximum absolute atomic E-state index is 11.9. The molecule has 23 heavy (non-hydrogen) atoms. The normalized spacial score (nSPS) is 11.7. The van der Waals surface area contributed by atoms with Crippen molar-refractivity contribution in [3.63, 3.8) is 0 Å². The molecule has 1 aromatic carbocycles. The van der Waals surface area contributed by atoms with Crippen molar-refractivity contribution in [1.29, 1.82) is 0 Å². The van der Waals surface area contributed by atoms with E-state index in [0.717, 1.165) is 12.0 Å². The Labute approximate surface area is 137 Å². The van der Waals surface area contributed by atoms with Crippen LogP contribution < -0.4 is 20.1 Å². The second kappa shape index (κ2) is 9.02. The maximum Gasteiger partial charge on any atom is 0.309 e. The average molecular weight is 322 g/mol. The van der Waals surface area contributed by atoms with Crippen LogP contribution in [0, 0.1) is 5.92 Å². The molecule has 2 amide bonds. The molecule has 2 N–H and O–H groups in total. The highest BCUT2D eigenvalue weighted by molar-refractivity contribution is 6.35. The summed E-state index contributed by atoms with van der Waals surface area (Å²) in [5.74, 6) is 0.409. The van der Waals surface area contributed by atoms with E-state index < -0.39 is 11.8 Å². The van der Waals surface area contributed by atoms with Crippen molar-refractivity contribution in [1.82, 2.24) is 10.6 Å². The molecule has 6 heteroatoms. The third-order valence-electron chi connectivity index (χ3n) is 3.47. The molecule has 0 aliphatic carbocycles. The molecule has 0 radical (unpaired) electrons. The number of ether oxygens (including phenoxy) is 2. The van der Waals surface area contributed by atoms with Crippen LogP contribution in [0.2, 0.25) is 0 Å². The molecular weight excluding hydrogens is 296 g/mol. The molecule has 0 saturated carbocycles. The van der Waals surface area contributed by atoms with E-state index in [1.54, 1.807) is 33.3 Å².